The van der Waals surface area contributed by atoms with Crippen molar-refractivity contribution in [1.29, 1.82) is 0 Å². The van der Waals surface area contributed by atoms with Crippen LogP contribution in [0.4, 0.5) is 0 Å². The average molecular weight is 1130 g/mol. The molecule has 66 heavy (non-hydrogen) atoms. The number of carbonyl (C=O) groups is 4. The van der Waals surface area contributed by atoms with E-state index in [1.54, 1.807) is 146 Å². The van der Waals surface area contributed by atoms with E-state index >= 15 is 0 Å². The molecule has 0 heterocycles. The molecular weight excluding hydrogens is 1100 g/mol. The van der Waals surface area contributed by atoms with Crippen LogP contribution in [0.2, 0.25) is 0 Å². The number of halogens is 4. The van der Waals surface area contributed by atoms with Crippen molar-refractivity contribution in [3.8, 4) is 23.0 Å². The number of hydrogen-bond donors (Lipinski definition) is 0. The molecule has 0 aliphatic rings. The van der Waals surface area contributed by atoms with E-state index < -0.39 is 23.9 Å². The summed E-state index contributed by atoms with van der Waals surface area (Å²) in [5, 5.41) is 0. The van der Waals surface area contributed by atoms with Crippen LogP contribution in [-0.4, -0.2) is 23.9 Å². The highest BCUT2D eigenvalue weighted by Gasteiger charge is 2.20. The second kappa shape index (κ2) is 21.1. The van der Waals surface area contributed by atoms with Gasteiger partial charge in [-0.1, -0.05) is 112 Å². The van der Waals surface area contributed by atoms with Gasteiger partial charge in [-0.25, -0.2) is 19.2 Å². The zero-order valence-electron chi connectivity index (χ0n) is 34.3. The minimum atomic E-state index is -0.512. The van der Waals surface area contributed by atoms with Gasteiger partial charge in [-0.2, -0.15) is 0 Å². The monoisotopic (exact) mass is 1120 g/mol. The second-order valence-corrected chi connectivity index (χ2v) is 18.1. The van der Waals surface area contributed by atoms with E-state index in [-0.39, 0.29) is 0 Å². The van der Waals surface area contributed by atoms with Crippen LogP contribution in [0.5, 0.6) is 23.0 Å². The molecule has 8 nitrogen and oxygen atoms in total. The first kappa shape index (κ1) is 45.9. The van der Waals surface area contributed by atoms with Gasteiger partial charge < -0.3 is 18.9 Å². The molecule has 0 unspecified atom stereocenters. The first-order chi connectivity index (χ1) is 31.9. The summed E-state index contributed by atoms with van der Waals surface area (Å²) in [5.74, 6) is -0.728. The third kappa shape index (κ3) is 11.6. The molecule has 8 aromatic carbocycles. The number of carbonyl (C=O) groups excluding carboxylic acids is 4. The van der Waals surface area contributed by atoms with Gasteiger partial charge in [0.05, 0.1) is 22.3 Å². The van der Waals surface area contributed by atoms with Crippen molar-refractivity contribution in [2.24, 2.45) is 0 Å². The van der Waals surface area contributed by atoms with Crippen molar-refractivity contribution in [3.05, 3.63) is 257 Å². The largest absolute Gasteiger partial charge is 0.423 e. The van der Waals surface area contributed by atoms with Gasteiger partial charge in [0, 0.05) is 17.9 Å². The normalized spacial score (nSPS) is 10.7. The summed E-state index contributed by atoms with van der Waals surface area (Å²) in [6.45, 7) is 0. The standard InChI is InChI=1S/C54H32Br4O8/c55-41-17-1-37(2-18-41)51(59)63-45-25-9-33(10-26-45)49(34-11-27-46(28-12-34)64-52(60)38-3-19-42(56)20-4-38)50(35-13-29-47(30-14-35)65-53(61)39-5-21-43(57)22-6-39)36-15-31-48(32-16-36)66-54(62)40-7-23-44(58)24-8-40/h1-32H. The van der Waals surface area contributed by atoms with Gasteiger partial charge in [-0.15, -0.1) is 0 Å². The highest BCUT2D eigenvalue weighted by atomic mass is 79.9. The summed E-state index contributed by atoms with van der Waals surface area (Å²) in [5.41, 5.74) is 6.01. The highest BCUT2D eigenvalue weighted by molar-refractivity contribution is 9.11. The van der Waals surface area contributed by atoms with Crippen LogP contribution < -0.4 is 18.9 Å². The minimum Gasteiger partial charge on any atom is -0.423 e. The molecule has 8 aromatic rings. The van der Waals surface area contributed by atoms with Crippen molar-refractivity contribution in [2.45, 2.75) is 0 Å². The Kier molecular flexibility index (Phi) is 14.6. The summed E-state index contributed by atoms with van der Waals surface area (Å²) in [4.78, 5) is 52.3. The quantitative estimate of drug-likeness (QED) is 0.0677. The molecular formula is C54H32Br4O8. The smallest absolute Gasteiger partial charge is 0.343 e. The Morgan fingerprint density at radius 2 is 0.379 bits per heavy atom. The first-order valence-corrected chi connectivity index (χ1v) is 23.2. The van der Waals surface area contributed by atoms with E-state index in [1.165, 1.54) is 0 Å². The molecule has 0 saturated carbocycles. The molecule has 0 N–H and O–H groups in total. The van der Waals surface area contributed by atoms with E-state index in [0.717, 1.165) is 51.3 Å². The van der Waals surface area contributed by atoms with Crippen LogP contribution in [0, 0.1) is 0 Å². The molecule has 0 spiro atoms. The van der Waals surface area contributed by atoms with Gasteiger partial charge >= 0.3 is 23.9 Å². The number of esters is 4. The maximum absolute atomic E-state index is 13.1. The zero-order chi connectivity index (χ0) is 46.2. The third-order valence-electron chi connectivity index (χ3n) is 9.98. The second-order valence-electron chi connectivity index (χ2n) is 14.4. The summed E-state index contributed by atoms with van der Waals surface area (Å²) in [7, 11) is 0. The number of benzene rings is 8. The molecule has 0 aliphatic heterocycles. The van der Waals surface area contributed by atoms with Gasteiger partial charge in [0.15, 0.2) is 0 Å². The maximum Gasteiger partial charge on any atom is 0.343 e. The minimum absolute atomic E-state index is 0.330. The van der Waals surface area contributed by atoms with Gasteiger partial charge in [-0.3, -0.25) is 0 Å². The van der Waals surface area contributed by atoms with Gasteiger partial charge in [0.1, 0.15) is 23.0 Å². The summed E-state index contributed by atoms with van der Waals surface area (Å²) in [6.07, 6.45) is 0. The van der Waals surface area contributed by atoms with E-state index in [1.807, 2.05) is 48.5 Å². The molecule has 0 fully saturated rings. The lowest BCUT2D eigenvalue weighted by Gasteiger charge is -2.19. The van der Waals surface area contributed by atoms with Crippen LogP contribution in [0.3, 0.4) is 0 Å². The van der Waals surface area contributed by atoms with E-state index in [2.05, 4.69) is 63.7 Å². The highest BCUT2D eigenvalue weighted by Crippen LogP contribution is 2.39. The van der Waals surface area contributed by atoms with Gasteiger partial charge in [0.2, 0.25) is 0 Å². The molecule has 0 saturated heterocycles. The van der Waals surface area contributed by atoms with Crippen LogP contribution >= 0.6 is 63.7 Å². The van der Waals surface area contributed by atoms with Crippen LogP contribution in [0.15, 0.2) is 212 Å². The first-order valence-electron chi connectivity index (χ1n) is 20.0. The van der Waals surface area contributed by atoms with Crippen LogP contribution in [0.1, 0.15) is 63.7 Å². The van der Waals surface area contributed by atoms with E-state index in [0.29, 0.717) is 45.3 Å². The predicted molar refractivity (Wildman–Crippen MR) is 267 cm³/mol. The fourth-order valence-corrected chi connectivity index (χ4v) is 7.73. The summed E-state index contributed by atoms with van der Waals surface area (Å²) >= 11 is 13.6. The van der Waals surface area contributed by atoms with Crippen molar-refractivity contribution < 1.29 is 38.1 Å². The fraction of sp³-hybridized carbons (Fsp3) is 0. The Balaban J connectivity index is 1.20. The lowest BCUT2D eigenvalue weighted by Crippen LogP contribution is -2.09. The average Bonchev–Trinajstić information content (AvgIpc) is 3.33. The van der Waals surface area contributed by atoms with Gasteiger partial charge in [-0.05, 0) is 179 Å². The molecule has 0 bridgehead atoms. The predicted octanol–water partition coefficient (Wildman–Crippen LogP) is 14.6. The van der Waals surface area contributed by atoms with E-state index in [9.17, 15) is 19.2 Å². The van der Waals surface area contributed by atoms with Crippen molar-refractivity contribution in [1.82, 2.24) is 0 Å². The summed E-state index contributed by atoms with van der Waals surface area (Å²) in [6, 6.07) is 56.1. The van der Waals surface area contributed by atoms with Crippen LogP contribution in [-0.2, 0) is 0 Å². The third-order valence-corrected chi connectivity index (χ3v) is 12.1. The molecule has 8 rings (SSSR count). The fourth-order valence-electron chi connectivity index (χ4n) is 6.68. The van der Waals surface area contributed by atoms with Gasteiger partial charge in [0.25, 0.3) is 0 Å². The van der Waals surface area contributed by atoms with Crippen molar-refractivity contribution in [3.63, 3.8) is 0 Å². The molecule has 0 aromatic heterocycles. The SMILES string of the molecule is O=C(Oc1ccc(C(=C(c2ccc(OC(=O)c3ccc(Br)cc3)cc2)c2ccc(OC(=O)c3ccc(Br)cc3)cc2)c2ccc(OC(=O)c3ccc(Br)cc3)cc2)cc1)c1ccc(Br)cc1. The molecule has 0 aliphatic carbocycles. The maximum atomic E-state index is 13.1. The van der Waals surface area contributed by atoms with E-state index in [4.69, 9.17) is 18.9 Å². The molecule has 0 amide bonds. The zero-order valence-corrected chi connectivity index (χ0v) is 40.6. The van der Waals surface area contributed by atoms with Crippen molar-refractivity contribution in [2.75, 3.05) is 0 Å². The number of hydrogen-bond acceptors (Lipinski definition) is 8. The Morgan fingerprint density at radius 3 is 0.545 bits per heavy atom. The summed E-state index contributed by atoms with van der Waals surface area (Å²) < 4.78 is 26.4. The van der Waals surface area contributed by atoms with Crippen molar-refractivity contribution >= 4 is 98.7 Å². The molecule has 0 atom stereocenters. The van der Waals surface area contributed by atoms with Crippen LogP contribution in [0.25, 0.3) is 11.1 Å². The Labute approximate surface area is 413 Å². The Hall–Kier alpha value is -6.70. The number of ether oxygens (including phenoxy) is 4. The Morgan fingerprint density at radius 1 is 0.227 bits per heavy atom. The lowest BCUT2D eigenvalue weighted by atomic mass is 9.85. The Bertz CT molecular complexity index is 2640. The number of rotatable bonds is 12. The molecule has 12 heteroatoms. The topological polar surface area (TPSA) is 105 Å². The molecule has 324 valence electrons. The lowest BCUT2D eigenvalue weighted by molar-refractivity contribution is 0.0725. The molecule has 0 radical (unpaired) electrons.